The van der Waals surface area contributed by atoms with Crippen LogP contribution in [0.5, 0.6) is 0 Å². The quantitative estimate of drug-likeness (QED) is 0.0263. The minimum absolute atomic E-state index is 0.124. The van der Waals surface area contributed by atoms with Gasteiger partial charge in [0.2, 0.25) is 6.29 Å². The molecule has 0 radical (unpaired) electrons. The molecule has 0 aromatic rings. The molecule has 606 valence electrons. The lowest BCUT2D eigenvalue weighted by atomic mass is 9.33. The van der Waals surface area contributed by atoms with Gasteiger partial charge >= 0.3 is 11.9 Å². The summed E-state index contributed by atoms with van der Waals surface area (Å²) >= 11 is 0. The van der Waals surface area contributed by atoms with Gasteiger partial charge in [0.05, 0.1) is 55.6 Å². The number of aliphatic hydroxyl groups excluding tert-OH is 18. The normalized spacial score (nSPS) is 54.7. The molecule has 0 spiro atoms. The number of carboxylic acid groups (broad SMARTS) is 1. The van der Waals surface area contributed by atoms with Crippen molar-refractivity contribution in [1.29, 1.82) is 0 Å². The van der Waals surface area contributed by atoms with E-state index in [-0.39, 0.29) is 17.8 Å². The van der Waals surface area contributed by atoms with Crippen LogP contribution in [0, 0.1) is 50.2 Å². The molecular weight excluding hydrogens is 1420 g/mol. The maximum Gasteiger partial charge on any atom is 0.335 e. The zero-order valence-electron chi connectivity index (χ0n) is 60.4. The number of aliphatic hydroxyl groups is 18. The number of carbonyl (C=O) groups is 3. The second kappa shape index (κ2) is 31.1. The van der Waals surface area contributed by atoms with Crippen LogP contribution in [0.2, 0.25) is 0 Å². The van der Waals surface area contributed by atoms with Crippen LogP contribution in [0.25, 0.3) is 0 Å². The molecule has 0 amide bonds. The molecule has 36 nitrogen and oxygen atoms in total. The van der Waals surface area contributed by atoms with Crippen LogP contribution in [0.1, 0.15) is 120 Å². The predicted octanol–water partition coefficient (Wildman–Crippen LogP) is -5.96. The Bertz CT molecular complexity index is 3100. The summed E-state index contributed by atoms with van der Waals surface area (Å²) in [6.45, 7) is 12.7. The molecule has 0 bridgehead atoms. The zero-order valence-corrected chi connectivity index (χ0v) is 60.4. The standard InChI is InChI=1S/C70H110O36/c1-25-36(76)43(83)54(104-61-49(89)52(102-60-47(87)42(82)40(80)32(21-72)98-60)50(26(2)96-61)100-57-44(84)37(77)29(74)22-93-57)62(95-25)106-64(92)70-17-15-65(3,4)19-28(70)27-9-10-34-66(5)13-12-35(67(6,24-73)33(66)11-14-69(34,8)68(27,7)16-18-70)99-63-55(105-58-45(85)38(78)30(75)23-94-58)51(48(88)53(103-63)56(90)91)101-59-46(86)41(81)39(79)31(20-71)97-59/h9,24-26,28-55,57-63,71-72,74-89H,10-23H2,1-8H3,(H,90,91)/t25-,26+,28+,29-,30+,31-,32-,33+,34-,35+,36+,37+,38+,39+,40-,41+,42+,43+,44-,45-,46-,47-,48+,49-,50+,51+,52+,53+,54-,55-,57+,58+,59+,60+,61+,62+,63-,66+,67+,68-,69-,70+/m1/s1. The van der Waals surface area contributed by atoms with E-state index in [2.05, 4.69) is 40.7 Å². The highest BCUT2D eigenvalue weighted by Gasteiger charge is 2.72. The van der Waals surface area contributed by atoms with Crippen molar-refractivity contribution in [3.05, 3.63) is 11.6 Å². The molecule has 7 aliphatic heterocycles. The number of carboxylic acids is 1. The Hall–Kier alpha value is -2.89. The van der Waals surface area contributed by atoms with Crippen molar-refractivity contribution in [3.8, 4) is 0 Å². The van der Waals surface area contributed by atoms with Crippen LogP contribution in [-0.2, 0) is 80.7 Å². The van der Waals surface area contributed by atoms with E-state index in [4.69, 9.17) is 66.3 Å². The Morgan fingerprint density at radius 2 is 0.991 bits per heavy atom. The number of aldehydes is 1. The van der Waals surface area contributed by atoms with Gasteiger partial charge in [0.1, 0.15) is 141 Å². The molecule has 0 aromatic carbocycles. The molecule has 12 rings (SSSR count). The molecule has 106 heavy (non-hydrogen) atoms. The number of rotatable bonds is 18. The van der Waals surface area contributed by atoms with Gasteiger partial charge < -0.3 is 168 Å². The van der Waals surface area contributed by atoms with E-state index in [1.54, 1.807) is 6.92 Å². The second-order valence-electron chi connectivity index (χ2n) is 33.5. The molecule has 5 aliphatic carbocycles. The Morgan fingerprint density at radius 3 is 1.55 bits per heavy atom. The molecule has 36 heteroatoms. The predicted molar refractivity (Wildman–Crippen MR) is 347 cm³/mol. The Labute approximate surface area is 610 Å². The molecule has 7 saturated heterocycles. The summed E-state index contributed by atoms with van der Waals surface area (Å²) in [5.41, 5.74) is -3.61. The van der Waals surface area contributed by atoms with E-state index >= 15 is 4.79 Å². The molecule has 0 aromatic heterocycles. The molecule has 4 saturated carbocycles. The lowest BCUT2D eigenvalue weighted by Crippen LogP contribution is -2.68. The largest absolute Gasteiger partial charge is 0.479 e. The summed E-state index contributed by atoms with van der Waals surface area (Å²) in [4.78, 5) is 43.1. The van der Waals surface area contributed by atoms with Crippen molar-refractivity contribution in [2.24, 2.45) is 50.2 Å². The van der Waals surface area contributed by atoms with Crippen LogP contribution in [0.15, 0.2) is 11.6 Å². The van der Waals surface area contributed by atoms with E-state index in [0.717, 1.165) is 11.9 Å². The average Bonchev–Trinajstić information content (AvgIpc) is 0.674. The molecule has 12 aliphatic rings. The Balaban J connectivity index is 0.804. The number of hydrogen-bond donors (Lipinski definition) is 19. The van der Waals surface area contributed by atoms with Crippen molar-refractivity contribution in [2.75, 3.05) is 26.4 Å². The summed E-state index contributed by atoms with van der Waals surface area (Å²) in [6, 6.07) is 0. The number of ether oxygens (including phenoxy) is 14. The smallest absolute Gasteiger partial charge is 0.335 e. The lowest BCUT2D eigenvalue weighted by Gasteiger charge is -2.71. The van der Waals surface area contributed by atoms with Crippen molar-refractivity contribution in [3.63, 3.8) is 0 Å². The lowest BCUT2D eigenvalue weighted by molar-refractivity contribution is -0.394. The van der Waals surface area contributed by atoms with E-state index in [1.165, 1.54) is 13.8 Å². The van der Waals surface area contributed by atoms with Crippen LogP contribution in [0.3, 0.4) is 0 Å². The first-order valence-electron chi connectivity index (χ1n) is 36.9. The molecule has 19 N–H and O–H groups in total. The molecule has 7 heterocycles. The van der Waals surface area contributed by atoms with Crippen molar-refractivity contribution < 1.29 is 178 Å². The summed E-state index contributed by atoms with van der Waals surface area (Å²) < 4.78 is 85.0. The Kier molecular flexibility index (Phi) is 24.3. The van der Waals surface area contributed by atoms with Crippen molar-refractivity contribution in [1.82, 2.24) is 0 Å². The summed E-state index contributed by atoms with van der Waals surface area (Å²) in [6.07, 6.45) is -53.9. The van der Waals surface area contributed by atoms with E-state index in [1.807, 2.05) is 0 Å². The van der Waals surface area contributed by atoms with Crippen LogP contribution in [-0.4, -0.2) is 351 Å². The zero-order chi connectivity index (χ0) is 77.3. The monoisotopic (exact) mass is 1530 g/mol. The first-order valence-corrected chi connectivity index (χ1v) is 36.9. The number of fused-ring (bicyclic) bond motifs is 7. The fraction of sp³-hybridized carbons (Fsp3) is 0.929. The average molecular weight is 1530 g/mol. The summed E-state index contributed by atoms with van der Waals surface area (Å²) in [5.74, 6) is -3.43. The SMILES string of the molecule is C[C@@H]1O[C@@H](O[C@H]2[C@H](OC(=O)[C@]34CCC(C)(C)C[C@H]3C3=CC[C@@H]5[C@@]6(C)CC[C@H](O[C@@H]7O[C@H](C(=O)O)[C@@H](O)[C@H](O[C@@H]8O[C@H](CO)[C@H](O)[C@H](O)[C@H]8O)[C@H]7O[C@@H]7OC[C@H](O)[C@H](O)[C@H]7O)[C@@](C)(C=O)[C@H]6CC[C@@]5(C)[C@]3(C)CC4)O[C@H](C)[C@H](O)[C@@H]2O)[C@H](O)[C@H](O[C@@H]2O[C@H](CO)[C@@H](O)[C@H](O)[C@H]2O)[C@H]1O[C@@H]1OC[C@@H](O)[C@H](O)[C@H]1O. The third-order valence-electron chi connectivity index (χ3n) is 26.8. The van der Waals surface area contributed by atoms with E-state index in [9.17, 15) is 107 Å². The fourth-order valence-corrected chi connectivity index (χ4v) is 20.1. The highest BCUT2D eigenvalue weighted by molar-refractivity contribution is 5.79. The maximum absolute atomic E-state index is 15.8. The molecular formula is C70H110O36. The van der Waals surface area contributed by atoms with Crippen molar-refractivity contribution >= 4 is 18.2 Å². The summed E-state index contributed by atoms with van der Waals surface area (Å²) in [5, 5.41) is 207. The molecule has 11 fully saturated rings. The summed E-state index contributed by atoms with van der Waals surface area (Å²) in [7, 11) is 0. The van der Waals surface area contributed by atoms with Gasteiger partial charge in [0.15, 0.2) is 49.9 Å². The molecule has 0 unspecified atom stereocenters. The fourth-order valence-electron chi connectivity index (χ4n) is 20.1. The maximum atomic E-state index is 15.8. The van der Waals surface area contributed by atoms with Gasteiger partial charge in [0.25, 0.3) is 0 Å². The van der Waals surface area contributed by atoms with Gasteiger partial charge in [-0.2, -0.15) is 0 Å². The minimum atomic E-state index is -2.23. The van der Waals surface area contributed by atoms with Crippen LogP contribution < -0.4 is 0 Å². The van der Waals surface area contributed by atoms with Crippen LogP contribution >= 0.6 is 0 Å². The molecule has 42 atom stereocenters. The van der Waals surface area contributed by atoms with Gasteiger partial charge in [0, 0.05) is 0 Å². The third kappa shape index (κ3) is 14.2. The van der Waals surface area contributed by atoms with Gasteiger partial charge in [-0.15, -0.1) is 0 Å². The minimum Gasteiger partial charge on any atom is -0.479 e. The van der Waals surface area contributed by atoms with Crippen LogP contribution in [0.4, 0.5) is 0 Å². The highest BCUT2D eigenvalue weighted by Crippen LogP contribution is 2.76. The second-order valence-corrected chi connectivity index (χ2v) is 33.5. The van der Waals surface area contributed by atoms with Gasteiger partial charge in [-0.05, 0) is 117 Å². The Morgan fingerprint density at radius 1 is 0.481 bits per heavy atom. The van der Waals surface area contributed by atoms with Crippen molar-refractivity contribution in [2.45, 2.75) is 328 Å². The number of esters is 1. The third-order valence-corrected chi connectivity index (χ3v) is 26.8. The van der Waals surface area contributed by atoms with Gasteiger partial charge in [-0.25, -0.2) is 4.79 Å². The topological polar surface area (TPSA) is 565 Å². The number of hydrogen-bond acceptors (Lipinski definition) is 35. The van der Waals surface area contributed by atoms with E-state index < -0.39 is 286 Å². The number of carbonyl (C=O) groups excluding carboxylic acids is 2. The van der Waals surface area contributed by atoms with E-state index in [0.29, 0.717) is 57.8 Å². The highest BCUT2D eigenvalue weighted by atomic mass is 16.8. The number of allylic oxidation sites excluding steroid dienone is 2. The first kappa shape index (κ1) is 82.6. The van der Waals surface area contributed by atoms with Gasteiger partial charge in [-0.3, -0.25) is 4.79 Å². The first-order chi connectivity index (χ1) is 49.8. The number of aliphatic carboxylic acids is 1. The van der Waals surface area contributed by atoms with Gasteiger partial charge in [-0.1, -0.05) is 53.2 Å².